The Labute approximate surface area is 107 Å². The summed E-state index contributed by atoms with van der Waals surface area (Å²) < 4.78 is 28.2. The molecule has 0 saturated carbocycles. The molecule has 0 spiro atoms. The second kappa shape index (κ2) is 7.63. The smallest absolute Gasteiger partial charge is 0.153 e. The van der Waals surface area contributed by atoms with Crippen molar-refractivity contribution in [2.75, 3.05) is 39.6 Å². The first kappa shape index (κ1) is 16.4. The number of nitrogens with zero attached hydrogens (tertiary/aromatic N) is 1. The molecule has 0 fully saturated rings. The van der Waals surface area contributed by atoms with Gasteiger partial charge in [0.2, 0.25) is 0 Å². The van der Waals surface area contributed by atoms with E-state index in [0.29, 0.717) is 13.2 Å². The maximum absolute atomic E-state index is 11.6. The zero-order valence-corrected chi connectivity index (χ0v) is 12.8. The van der Waals surface area contributed by atoms with Crippen molar-refractivity contribution in [1.82, 2.24) is 4.90 Å². The van der Waals surface area contributed by atoms with Crippen molar-refractivity contribution >= 4 is 25.8 Å². The largest absolute Gasteiger partial charge is 0.383 e. The summed E-state index contributed by atoms with van der Waals surface area (Å²) in [5.74, 6) is 0.216. The third-order valence-electron chi connectivity index (χ3n) is 2.33. The average molecular weight is 316 g/mol. The highest BCUT2D eigenvalue weighted by atomic mass is 79.9. The molecule has 0 radical (unpaired) electrons. The Kier molecular flexibility index (Phi) is 7.80. The summed E-state index contributed by atoms with van der Waals surface area (Å²) in [5, 5.41) is -0.292. The number of rotatable bonds is 8. The molecular weight excluding hydrogens is 294 g/mol. The van der Waals surface area contributed by atoms with Gasteiger partial charge in [-0.2, -0.15) is 0 Å². The van der Waals surface area contributed by atoms with E-state index in [1.165, 1.54) is 0 Å². The van der Waals surface area contributed by atoms with Gasteiger partial charge in [0, 0.05) is 20.2 Å². The van der Waals surface area contributed by atoms with Crippen LogP contribution in [0.25, 0.3) is 0 Å². The Bertz CT molecular complexity index is 280. The highest BCUT2D eigenvalue weighted by Crippen LogP contribution is 2.04. The molecule has 1 unspecified atom stereocenters. The molecule has 4 nitrogen and oxygen atoms in total. The Hall–Kier alpha value is 0.350. The molecule has 0 amide bonds. The number of hydrogen-bond acceptors (Lipinski definition) is 4. The first-order valence-electron chi connectivity index (χ1n) is 5.32. The van der Waals surface area contributed by atoms with E-state index in [2.05, 4.69) is 15.9 Å². The van der Waals surface area contributed by atoms with E-state index < -0.39 is 9.84 Å². The summed E-state index contributed by atoms with van der Waals surface area (Å²) in [6, 6.07) is 0. The van der Waals surface area contributed by atoms with Crippen molar-refractivity contribution < 1.29 is 13.2 Å². The molecule has 0 N–H and O–H groups in total. The fourth-order valence-corrected chi connectivity index (χ4v) is 2.98. The molecule has 0 aromatic carbocycles. The van der Waals surface area contributed by atoms with Crippen molar-refractivity contribution in [2.24, 2.45) is 0 Å². The number of halogens is 1. The summed E-state index contributed by atoms with van der Waals surface area (Å²) in [6.07, 6.45) is 0. The molecule has 0 aliphatic heterocycles. The second-order valence-electron chi connectivity index (χ2n) is 4.23. The number of hydrogen-bond donors (Lipinski definition) is 0. The summed E-state index contributed by atoms with van der Waals surface area (Å²) in [7, 11) is 0.637. The minimum absolute atomic E-state index is 0.216. The quantitative estimate of drug-likeness (QED) is 0.630. The summed E-state index contributed by atoms with van der Waals surface area (Å²) in [4.78, 5) is 2.24. The van der Waals surface area contributed by atoms with Crippen molar-refractivity contribution in [2.45, 2.75) is 23.9 Å². The van der Waals surface area contributed by atoms with Crippen LogP contribution in [0.4, 0.5) is 0 Å². The monoisotopic (exact) mass is 315 g/mol. The molecule has 0 rings (SSSR count). The van der Waals surface area contributed by atoms with Crippen LogP contribution >= 0.6 is 15.9 Å². The van der Waals surface area contributed by atoms with Crippen LogP contribution in [-0.4, -0.2) is 63.0 Å². The predicted octanol–water partition coefficient (Wildman–Crippen LogP) is 1.15. The van der Waals surface area contributed by atoms with Gasteiger partial charge in [-0.15, -0.1) is 0 Å². The van der Waals surface area contributed by atoms with Crippen molar-refractivity contribution in [3.63, 3.8) is 0 Å². The fraction of sp³-hybridized carbons (Fsp3) is 1.00. The minimum Gasteiger partial charge on any atom is -0.383 e. The molecule has 98 valence electrons. The number of ether oxygens (including phenoxy) is 1. The molecule has 0 saturated heterocycles. The van der Waals surface area contributed by atoms with Gasteiger partial charge in [0.15, 0.2) is 9.84 Å². The van der Waals surface area contributed by atoms with Gasteiger partial charge in [-0.3, -0.25) is 0 Å². The standard InChI is InChI=1S/C10H22BrNO3S/c1-9(2)16(13,14)6-5-12(3)7-10(11)8-15-4/h9-10H,5-8H2,1-4H3. The molecule has 6 heteroatoms. The predicted molar refractivity (Wildman–Crippen MR) is 71.0 cm³/mol. The molecule has 0 aliphatic rings. The maximum atomic E-state index is 11.6. The summed E-state index contributed by atoms with van der Waals surface area (Å²) >= 11 is 3.47. The maximum Gasteiger partial charge on any atom is 0.153 e. The van der Waals surface area contributed by atoms with E-state index in [1.54, 1.807) is 21.0 Å². The lowest BCUT2D eigenvalue weighted by Crippen LogP contribution is -2.33. The minimum atomic E-state index is -2.93. The molecule has 16 heavy (non-hydrogen) atoms. The molecule has 0 heterocycles. The van der Waals surface area contributed by atoms with Gasteiger partial charge >= 0.3 is 0 Å². The molecular formula is C10H22BrNO3S. The van der Waals surface area contributed by atoms with Crippen LogP contribution < -0.4 is 0 Å². The van der Waals surface area contributed by atoms with Gasteiger partial charge in [0.25, 0.3) is 0 Å². The van der Waals surface area contributed by atoms with Crippen LogP contribution in [0.15, 0.2) is 0 Å². The third-order valence-corrected chi connectivity index (χ3v) is 5.08. The zero-order valence-electron chi connectivity index (χ0n) is 10.4. The van der Waals surface area contributed by atoms with Gasteiger partial charge in [-0.05, 0) is 20.9 Å². The molecule has 1 atom stereocenters. The zero-order chi connectivity index (χ0) is 12.8. The lowest BCUT2D eigenvalue weighted by atomic mass is 10.4. The second-order valence-corrected chi connectivity index (χ2v) is 8.20. The van der Waals surface area contributed by atoms with E-state index >= 15 is 0 Å². The molecule has 0 aliphatic carbocycles. The van der Waals surface area contributed by atoms with E-state index in [1.807, 2.05) is 11.9 Å². The number of methoxy groups -OCH3 is 1. The fourth-order valence-electron chi connectivity index (χ4n) is 1.18. The van der Waals surface area contributed by atoms with Crippen LogP contribution in [0.3, 0.4) is 0 Å². The van der Waals surface area contributed by atoms with Crippen LogP contribution in [0.2, 0.25) is 0 Å². The Morgan fingerprint density at radius 3 is 2.38 bits per heavy atom. The van der Waals surface area contributed by atoms with Gasteiger partial charge < -0.3 is 9.64 Å². The first-order valence-corrected chi connectivity index (χ1v) is 7.95. The van der Waals surface area contributed by atoms with Gasteiger partial charge in [-0.1, -0.05) is 15.9 Å². The normalized spacial score (nSPS) is 14.7. The lowest BCUT2D eigenvalue weighted by Gasteiger charge is -2.20. The Morgan fingerprint density at radius 2 is 1.94 bits per heavy atom. The Morgan fingerprint density at radius 1 is 1.38 bits per heavy atom. The van der Waals surface area contributed by atoms with E-state index in [0.717, 1.165) is 6.54 Å². The molecule has 0 bridgehead atoms. The van der Waals surface area contributed by atoms with Crippen molar-refractivity contribution in [3.05, 3.63) is 0 Å². The van der Waals surface area contributed by atoms with Gasteiger partial charge in [0.05, 0.1) is 22.4 Å². The lowest BCUT2D eigenvalue weighted by molar-refractivity contribution is 0.187. The van der Waals surface area contributed by atoms with E-state index in [-0.39, 0.29) is 15.8 Å². The highest BCUT2D eigenvalue weighted by Gasteiger charge is 2.17. The SMILES string of the molecule is COCC(Br)CN(C)CCS(=O)(=O)C(C)C. The van der Waals surface area contributed by atoms with Crippen LogP contribution in [0.1, 0.15) is 13.8 Å². The van der Waals surface area contributed by atoms with Gasteiger partial charge in [-0.25, -0.2) is 8.42 Å². The number of alkyl halides is 1. The summed E-state index contributed by atoms with van der Waals surface area (Å²) in [6.45, 7) is 5.40. The highest BCUT2D eigenvalue weighted by molar-refractivity contribution is 9.09. The van der Waals surface area contributed by atoms with Crippen molar-refractivity contribution in [3.8, 4) is 0 Å². The van der Waals surface area contributed by atoms with Crippen LogP contribution in [0, 0.1) is 0 Å². The first-order chi connectivity index (χ1) is 7.29. The molecule has 0 aromatic heterocycles. The Balaban J connectivity index is 3.94. The van der Waals surface area contributed by atoms with Crippen LogP contribution in [-0.2, 0) is 14.6 Å². The van der Waals surface area contributed by atoms with Crippen molar-refractivity contribution in [1.29, 1.82) is 0 Å². The van der Waals surface area contributed by atoms with E-state index in [9.17, 15) is 8.42 Å². The number of sulfone groups is 1. The average Bonchev–Trinajstić information content (AvgIpc) is 2.15. The van der Waals surface area contributed by atoms with E-state index in [4.69, 9.17) is 4.74 Å². The molecule has 0 aromatic rings. The third kappa shape index (κ3) is 6.83. The topological polar surface area (TPSA) is 46.6 Å². The summed E-state index contributed by atoms with van der Waals surface area (Å²) in [5.41, 5.74) is 0. The van der Waals surface area contributed by atoms with Gasteiger partial charge in [0.1, 0.15) is 0 Å². The van der Waals surface area contributed by atoms with Crippen LogP contribution in [0.5, 0.6) is 0 Å².